The average molecular weight is 259 g/mol. The third kappa shape index (κ3) is 1.72. The number of hydrogen-bond acceptors (Lipinski definition) is 5. The molecule has 0 radical (unpaired) electrons. The molecule has 0 spiro atoms. The first-order chi connectivity index (χ1) is 9.08. The maximum Gasteiger partial charge on any atom is 0.267 e. The summed E-state index contributed by atoms with van der Waals surface area (Å²) in [6.45, 7) is 1.73. The van der Waals surface area contributed by atoms with Gasteiger partial charge in [0.2, 0.25) is 5.88 Å². The summed E-state index contributed by atoms with van der Waals surface area (Å²) in [6.07, 6.45) is 1.08. The van der Waals surface area contributed by atoms with Gasteiger partial charge in [-0.3, -0.25) is 4.79 Å². The van der Waals surface area contributed by atoms with E-state index in [1.165, 1.54) is 0 Å². The number of carbonyl (C=O) groups excluding carboxylic acids is 1. The van der Waals surface area contributed by atoms with Crippen LogP contribution in [0, 0.1) is 0 Å². The Bertz CT molecular complexity index is 650. The third-order valence-corrected chi connectivity index (χ3v) is 3.21. The van der Waals surface area contributed by atoms with Gasteiger partial charge in [-0.2, -0.15) is 0 Å². The van der Waals surface area contributed by atoms with E-state index in [0.29, 0.717) is 17.0 Å². The minimum absolute atomic E-state index is 0.0806. The van der Waals surface area contributed by atoms with Gasteiger partial charge < -0.3 is 19.9 Å². The van der Waals surface area contributed by atoms with Gasteiger partial charge in [-0.05, 0) is 24.6 Å². The first kappa shape index (κ1) is 11.6. The Kier molecular flexibility index (Phi) is 2.45. The second-order valence-corrected chi connectivity index (χ2v) is 4.44. The summed E-state index contributed by atoms with van der Waals surface area (Å²) in [5.74, 6) is 0.843. The topological polar surface area (TPSA) is 81.6 Å². The zero-order chi connectivity index (χ0) is 13.6. The van der Waals surface area contributed by atoms with Crippen LogP contribution in [0.15, 0.2) is 28.9 Å². The summed E-state index contributed by atoms with van der Waals surface area (Å²) in [5, 5.41) is 3.64. The highest BCUT2D eigenvalue weighted by molar-refractivity contribution is 6.00. The maximum absolute atomic E-state index is 11.9. The molecular weight excluding hydrogens is 246 g/mol. The Morgan fingerprint density at radius 2 is 2.21 bits per heavy atom. The van der Waals surface area contributed by atoms with Crippen molar-refractivity contribution in [2.24, 2.45) is 0 Å². The van der Waals surface area contributed by atoms with E-state index in [4.69, 9.17) is 15.0 Å². The molecule has 2 aromatic rings. The monoisotopic (exact) mass is 259 g/mol. The average Bonchev–Trinajstić information content (AvgIpc) is 2.82. The SMILES string of the molecule is CC1Oc2ccc(-c3cnoc3N)cc2N(C)C1=O. The molecule has 6 heteroatoms. The fourth-order valence-corrected chi connectivity index (χ4v) is 2.14. The van der Waals surface area contributed by atoms with Gasteiger partial charge in [0.1, 0.15) is 5.75 Å². The van der Waals surface area contributed by atoms with Crippen LogP contribution in [0.3, 0.4) is 0 Å². The predicted molar refractivity (Wildman–Crippen MR) is 69.9 cm³/mol. The molecule has 0 bridgehead atoms. The van der Waals surface area contributed by atoms with E-state index in [0.717, 1.165) is 5.56 Å². The molecule has 6 nitrogen and oxygen atoms in total. The fourth-order valence-electron chi connectivity index (χ4n) is 2.14. The number of benzene rings is 1. The number of hydrogen-bond donors (Lipinski definition) is 1. The van der Waals surface area contributed by atoms with Crippen LogP contribution in [-0.2, 0) is 4.79 Å². The van der Waals surface area contributed by atoms with E-state index in [2.05, 4.69) is 5.16 Å². The van der Waals surface area contributed by atoms with Crippen LogP contribution in [0.25, 0.3) is 11.1 Å². The van der Waals surface area contributed by atoms with Crippen LogP contribution < -0.4 is 15.4 Å². The van der Waals surface area contributed by atoms with Crippen molar-refractivity contribution in [1.82, 2.24) is 5.16 Å². The Labute approximate surface area is 109 Å². The van der Waals surface area contributed by atoms with Gasteiger partial charge in [0, 0.05) is 7.05 Å². The molecule has 1 aromatic heterocycles. The van der Waals surface area contributed by atoms with E-state index in [9.17, 15) is 4.79 Å². The van der Waals surface area contributed by atoms with Crippen LogP contribution in [0.1, 0.15) is 6.92 Å². The molecule has 1 aliphatic rings. The van der Waals surface area contributed by atoms with Crippen LogP contribution in [0.2, 0.25) is 0 Å². The van der Waals surface area contributed by atoms with Crippen molar-refractivity contribution in [2.75, 3.05) is 17.7 Å². The molecule has 1 aliphatic heterocycles. The van der Waals surface area contributed by atoms with Crippen molar-refractivity contribution in [3.05, 3.63) is 24.4 Å². The van der Waals surface area contributed by atoms with Gasteiger partial charge in [-0.15, -0.1) is 0 Å². The van der Waals surface area contributed by atoms with Crippen LogP contribution in [0.5, 0.6) is 5.75 Å². The lowest BCUT2D eigenvalue weighted by molar-refractivity contribution is -0.125. The third-order valence-electron chi connectivity index (χ3n) is 3.21. The van der Waals surface area contributed by atoms with Crippen LogP contribution >= 0.6 is 0 Å². The predicted octanol–water partition coefficient (Wildman–Crippen LogP) is 1.67. The van der Waals surface area contributed by atoms with E-state index in [-0.39, 0.29) is 11.8 Å². The van der Waals surface area contributed by atoms with E-state index in [1.54, 1.807) is 25.1 Å². The molecule has 2 heterocycles. The van der Waals surface area contributed by atoms with Crippen molar-refractivity contribution >= 4 is 17.5 Å². The first-order valence-electron chi connectivity index (χ1n) is 5.86. The van der Waals surface area contributed by atoms with Gasteiger partial charge in [-0.1, -0.05) is 11.2 Å². The lowest BCUT2D eigenvalue weighted by Gasteiger charge is -2.30. The number of aromatic nitrogens is 1. The van der Waals surface area contributed by atoms with Crippen molar-refractivity contribution in [3.8, 4) is 16.9 Å². The number of rotatable bonds is 1. The number of amides is 1. The maximum atomic E-state index is 11.9. The summed E-state index contributed by atoms with van der Waals surface area (Å²) in [5.41, 5.74) is 7.93. The molecule has 1 amide bonds. The van der Waals surface area contributed by atoms with Gasteiger partial charge in [0.25, 0.3) is 5.91 Å². The molecule has 98 valence electrons. The molecule has 0 fully saturated rings. The van der Waals surface area contributed by atoms with Crippen molar-refractivity contribution in [2.45, 2.75) is 13.0 Å². The molecule has 1 aromatic carbocycles. The second kappa shape index (κ2) is 4.01. The number of nitrogen functional groups attached to an aromatic ring is 1. The lowest BCUT2D eigenvalue weighted by Crippen LogP contribution is -2.41. The minimum atomic E-state index is -0.469. The highest BCUT2D eigenvalue weighted by Crippen LogP contribution is 2.37. The van der Waals surface area contributed by atoms with Gasteiger partial charge in [-0.25, -0.2) is 0 Å². The van der Waals surface area contributed by atoms with E-state index < -0.39 is 6.10 Å². The number of anilines is 2. The van der Waals surface area contributed by atoms with Gasteiger partial charge >= 0.3 is 0 Å². The molecule has 3 rings (SSSR count). The molecule has 1 atom stereocenters. The summed E-state index contributed by atoms with van der Waals surface area (Å²) in [6, 6.07) is 5.51. The standard InChI is InChI=1S/C13H13N3O3/c1-7-13(17)16(2)10-5-8(3-4-11(10)18-7)9-6-15-19-12(9)14/h3-7H,14H2,1-2H3. The number of ether oxygens (including phenoxy) is 1. The van der Waals surface area contributed by atoms with Crippen molar-refractivity contribution in [3.63, 3.8) is 0 Å². The number of nitrogens with zero attached hydrogens (tertiary/aromatic N) is 2. The Morgan fingerprint density at radius 3 is 2.89 bits per heavy atom. The smallest absolute Gasteiger partial charge is 0.267 e. The zero-order valence-electron chi connectivity index (χ0n) is 10.6. The second-order valence-electron chi connectivity index (χ2n) is 4.44. The minimum Gasteiger partial charge on any atom is -0.479 e. The summed E-state index contributed by atoms with van der Waals surface area (Å²) >= 11 is 0. The molecule has 0 aliphatic carbocycles. The molecular formula is C13H13N3O3. The Balaban J connectivity index is 2.10. The highest BCUT2D eigenvalue weighted by Gasteiger charge is 2.29. The van der Waals surface area contributed by atoms with Crippen molar-refractivity contribution < 1.29 is 14.1 Å². The number of likely N-dealkylation sites (N-methyl/N-ethyl adjacent to an activating group) is 1. The fraction of sp³-hybridized carbons (Fsp3) is 0.231. The summed E-state index contributed by atoms with van der Waals surface area (Å²) in [7, 11) is 1.72. The molecule has 1 unspecified atom stereocenters. The molecule has 19 heavy (non-hydrogen) atoms. The first-order valence-corrected chi connectivity index (χ1v) is 5.86. The molecule has 2 N–H and O–H groups in total. The Hall–Kier alpha value is -2.50. The number of fused-ring (bicyclic) bond motifs is 1. The molecule has 0 saturated heterocycles. The van der Waals surface area contributed by atoms with Crippen LogP contribution in [0.4, 0.5) is 11.6 Å². The summed E-state index contributed by atoms with van der Waals surface area (Å²) < 4.78 is 10.4. The van der Waals surface area contributed by atoms with Crippen molar-refractivity contribution in [1.29, 1.82) is 0 Å². The number of nitrogens with two attached hydrogens (primary N) is 1. The largest absolute Gasteiger partial charge is 0.479 e. The zero-order valence-corrected chi connectivity index (χ0v) is 10.6. The van der Waals surface area contributed by atoms with E-state index >= 15 is 0 Å². The number of carbonyl (C=O) groups is 1. The lowest BCUT2D eigenvalue weighted by atomic mass is 10.1. The van der Waals surface area contributed by atoms with Gasteiger partial charge in [0.15, 0.2) is 6.10 Å². The Morgan fingerprint density at radius 1 is 1.42 bits per heavy atom. The summed E-state index contributed by atoms with van der Waals surface area (Å²) in [4.78, 5) is 13.5. The van der Waals surface area contributed by atoms with Crippen LogP contribution in [-0.4, -0.2) is 24.2 Å². The van der Waals surface area contributed by atoms with E-state index in [1.807, 2.05) is 18.2 Å². The normalized spacial score (nSPS) is 18.1. The van der Waals surface area contributed by atoms with Gasteiger partial charge in [0.05, 0.1) is 17.4 Å². The highest BCUT2D eigenvalue weighted by atomic mass is 16.5. The quantitative estimate of drug-likeness (QED) is 0.842. The molecule has 0 saturated carbocycles.